The Hall–Kier alpha value is -1.51. The van der Waals surface area contributed by atoms with Crippen molar-refractivity contribution in [3.63, 3.8) is 0 Å². The predicted molar refractivity (Wildman–Crippen MR) is 69.6 cm³/mol. The van der Waals surface area contributed by atoms with Gasteiger partial charge in [-0.15, -0.1) is 6.58 Å². The molecule has 17 heavy (non-hydrogen) atoms. The van der Waals surface area contributed by atoms with Gasteiger partial charge >= 0.3 is 6.09 Å². The molecule has 1 atom stereocenters. The normalized spacial score (nSPS) is 18.8. The van der Waals surface area contributed by atoms with Crippen molar-refractivity contribution < 1.29 is 9.53 Å². The second-order valence-electron chi connectivity index (χ2n) is 3.92. The fraction of sp³-hybridized carbons (Fsp3) is 0.500. The molecule has 1 aliphatic rings. The molecule has 0 aromatic rings. The summed E-state index contributed by atoms with van der Waals surface area (Å²) in [5.74, 6) is 0. The van der Waals surface area contributed by atoms with Gasteiger partial charge in [0.1, 0.15) is 0 Å². The predicted octanol–water partition coefficient (Wildman–Crippen LogP) is 3.64. The molecule has 0 spiro atoms. The zero-order valence-corrected chi connectivity index (χ0v) is 10.7. The van der Waals surface area contributed by atoms with Crippen molar-refractivity contribution in [1.82, 2.24) is 4.90 Å². The van der Waals surface area contributed by atoms with Crippen molar-refractivity contribution in [2.45, 2.75) is 39.2 Å². The van der Waals surface area contributed by atoms with Crippen LogP contribution in [-0.2, 0) is 4.74 Å². The van der Waals surface area contributed by atoms with Crippen molar-refractivity contribution in [2.24, 2.45) is 0 Å². The van der Waals surface area contributed by atoms with E-state index < -0.39 is 0 Å². The molecule has 0 N–H and O–H groups in total. The average Bonchev–Trinajstić information content (AvgIpc) is 2.36. The molecule has 1 heterocycles. The van der Waals surface area contributed by atoms with Gasteiger partial charge in [-0.3, -0.25) is 4.90 Å². The molecule has 0 aromatic carbocycles. The third-order valence-electron chi connectivity index (χ3n) is 2.85. The van der Waals surface area contributed by atoms with Crippen LogP contribution in [0.3, 0.4) is 0 Å². The Labute approximate surface area is 103 Å². The van der Waals surface area contributed by atoms with Gasteiger partial charge in [-0.2, -0.15) is 0 Å². The summed E-state index contributed by atoms with van der Waals surface area (Å²) in [7, 11) is 0. The Morgan fingerprint density at radius 3 is 2.94 bits per heavy atom. The van der Waals surface area contributed by atoms with Gasteiger partial charge in [-0.1, -0.05) is 19.1 Å². The molecule has 3 nitrogen and oxygen atoms in total. The maximum atomic E-state index is 11.8. The summed E-state index contributed by atoms with van der Waals surface area (Å²) < 4.78 is 5.07. The van der Waals surface area contributed by atoms with Crippen molar-refractivity contribution in [1.29, 1.82) is 0 Å². The van der Waals surface area contributed by atoms with E-state index >= 15 is 0 Å². The van der Waals surface area contributed by atoms with E-state index in [0.29, 0.717) is 6.61 Å². The highest BCUT2D eigenvalue weighted by Gasteiger charge is 2.26. The van der Waals surface area contributed by atoms with Gasteiger partial charge in [0.15, 0.2) is 0 Å². The number of carbonyl (C=O) groups excluding carboxylic acids is 1. The summed E-state index contributed by atoms with van der Waals surface area (Å²) in [6.45, 7) is 8.06. The van der Waals surface area contributed by atoms with E-state index in [4.69, 9.17) is 4.74 Å². The van der Waals surface area contributed by atoms with Crippen LogP contribution in [0.1, 0.15) is 33.1 Å². The van der Waals surface area contributed by atoms with Gasteiger partial charge in [0, 0.05) is 6.20 Å². The molecule has 0 aromatic heterocycles. The topological polar surface area (TPSA) is 29.5 Å². The van der Waals surface area contributed by atoms with Crippen LogP contribution in [0.2, 0.25) is 0 Å². The lowest BCUT2D eigenvalue weighted by molar-refractivity contribution is 0.112. The fourth-order valence-corrected chi connectivity index (χ4v) is 1.99. The lowest BCUT2D eigenvalue weighted by Crippen LogP contribution is -2.39. The van der Waals surface area contributed by atoms with Gasteiger partial charge in [0.25, 0.3) is 0 Å². The summed E-state index contributed by atoms with van der Waals surface area (Å²) in [4.78, 5) is 13.5. The lowest BCUT2D eigenvalue weighted by Gasteiger charge is -2.31. The average molecular weight is 235 g/mol. The van der Waals surface area contributed by atoms with Crippen molar-refractivity contribution >= 4 is 6.09 Å². The third kappa shape index (κ3) is 3.48. The van der Waals surface area contributed by atoms with Crippen LogP contribution in [-0.4, -0.2) is 23.6 Å². The molecule has 94 valence electrons. The van der Waals surface area contributed by atoms with Crippen LogP contribution >= 0.6 is 0 Å². The number of allylic oxidation sites excluding steroid dienone is 3. The second-order valence-corrected chi connectivity index (χ2v) is 3.92. The van der Waals surface area contributed by atoms with Crippen LogP contribution in [0, 0.1) is 0 Å². The maximum absolute atomic E-state index is 11.8. The molecule has 0 aliphatic carbocycles. The summed E-state index contributed by atoms with van der Waals surface area (Å²) in [6, 6.07) is 0.113. The van der Waals surface area contributed by atoms with Gasteiger partial charge < -0.3 is 4.74 Å². The van der Waals surface area contributed by atoms with E-state index in [2.05, 4.69) is 19.6 Å². The zero-order valence-electron chi connectivity index (χ0n) is 10.7. The molecule has 1 unspecified atom stereocenters. The standard InChI is InChI=1S/C14H21NO2/c1-4-7-10-13-12(5-2)9-8-11-15(13)14(16)17-6-3/h4,8-9,11,13H,1,5-7,10H2,2-3H3. The number of ether oxygens (including phenoxy) is 1. The quantitative estimate of drug-likeness (QED) is 0.681. The summed E-state index contributed by atoms with van der Waals surface area (Å²) in [5.41, 5.74) is 1.27. The van der Waals surface area contributed by atoms with Gasteiger partial charge in [0.2, 0.25) is 0 Å². The summed E-state index contributed by atoms with van der Waals surface area (Å²) in [5, 5.41) is 0. The van der Waals surface area contributed by atoms with E-state index in [1.165, 1.54) is 5.57 Å². The molecule has 0 radical (unpaired) electrons. The number of rotatable bonds is 5. The minimum absolute atomic E-state index is 0.113. The van der Waals surface area contributed by atoms with Gasteiger partial charge in [-0.05, 0) is 37.8 Å². The first-order chi connectivity index (χ1) is 8.24. The van der Waals surface area contributed by atoms with Crippen LogP contribution in [0.15, 0.2) is 36.6 Å². The molecule has 1 aliphatic heterocycles. The first kappa shape index (κ1) is 13.6. The highest BCUT2D eigenvalue weighted by Crippen LogP contribution is 2.24. The summed E-state index contributed by atoms with van der Waals surface area (Å²) in [6.07, 6.45) is 10.1. The highest BCUT2D eigenvalue weighted by atomic mass is 16.6. The number of nitrogens with zero attached hydrogens (tertiary/aromatic N) is 1. The molecule has 0 saturated heterocycles. The summed E-state index contributed by atoms with van der Waals surface area (Å²) >= 11 is 0. The Bertz CT molecular complexity index is 331. The monoisotopic (exact) mass is 235 g/mol. The largest absolute Gasteiger partial charge is 0.449 e. The second kappa shape index (κ2) is 6.94. The van der Waals surface area contributed by atoms with E-state index in [0.717, 1.165) is 19.3 Å². The van der Waals surface area contributed by atoms with Crippen LogP contribution < -0.4 is 0 Å². The Morgan fingerprint density at radius 1 is 1.59 bits per heavy atom. The number of amides is 1. The third-order valence-corrected chi connectivity index (χ3v) is 2.85. The van der Waals surface area contributed by atoms with Crippen LogP contribution in [0.4, 0.5) is 4.79 Å². The fourth-order valence-electron chi connectivity index (χ4n) is 1.99. The lowest BCUT2D eigenvalue weighted by atomic mass is 9.96. The van der Waals surface area contributed by atoms with E-state index in [-0.39, 0.29) is 12.1 Å². The number of hydrogen-bond acceptors (Lipinski definition) is 2. The molecular weight excluding hydrogens is 214 g/mol. The van der Waals surface area contributed by atoms with Gasteiger partial charge in [0.05, 0.1) is 12.6 Å². The first-order valence-electron chi connectivity index (χ1n) is 6.17. The molecule has 0 fully saturated rings. The number of carbonyl (C=O) groups is 1. The Balaban J connectivity index is 2.79. The Morgan fingerprint density at radius 2 is 2.35 bits per heavy atom. The molecular formula is C14H21NO2. The van der Waals surface area contributed by atoms with E-state index in [9.17, 15) is 4.79 Å². The van der Waals surface area contributed by atoms with Crippen molar-refractivity contribution in [3.8, 4) is 0 Å². The van der Waals surface area contributed by atoms with Gasteiger partial charge in [-0.25, -0.2) is 4.79 Å². The SMILES string of the molecule is C=CCCC1C(CC)=CC=CN1C(=O)OCC. The van der Waals surface area contributed by atoms with Crippen LogP contribution in [0.5, 0.6) is 0 Å². The molecule has 3 heteroatoms. The van der Waals surface area contributed by atoms with Crippen LogP contribution in [0.25, 0.3) is 0 Å². The smallest absolute Gasteiger partial charge is 0.414 e. The minimum Gasteiger partial charge on any atom is -0.449 e. The molecule has 1 rings (SSSR count). The first-order valence-corrected chi connectivity index (χ1v) is 6.17. The van der Waals surface area contributed by atoms with Crippen molar-refractivity contribution in [2.75, 3.05) is 6.61 Å². The zero-order chi connectivity index (χ0) is 12.7. The van der Waals surface area contributed by atoms with E-state index in [1.807, 2.05) is 19.1 Å². The Kier molecular flexibility index (Phi) is 5.53. The molecule has 1 amide bonds. The highest BCUT2D eigenvalue weighted by molar-refractivity contribution is 5.70. The van der Waals surface area contributed by atoms with E-state index in [1.54, 1.807) is 11.1 Å². The molecule has 0 saturated carbocycles. The van der Waals surface area contributed by atoms with Crippen molar-refractivity contribution in [3.05, 3.63) is 36.6 Å². The maximum Gasteiger partial charge on any atom is 0.414 e. The number of hydrogen-bond donors (Lipinski definition) is 0. The minimum atomic E-state index is -0.267. The molecule has 0 bridgehead atoms.